The minimum Gasteiger partial charge on any atom is -0.508 e. The number of piperidine rings is 1. The molecule has 1 aromatic heterocycles. The molecule has 3 aromatic rings. The van der Waals surface area contributed by atoms with Crippen molar-refractivity contribution in [3.63, 3.8) is 0 Å². The van der Waals surface area contributed by atoms with Crippen molar-refractivity contribution in [1.82, 2.24) is 19.7 Å². The Kier molecular flexibility index (Phi) is 4.39. The van der Waals surface area contributed by atoms with Gasteiger partial charge in [0.1, 0.15) is 18.4 Å². The molecule has 132 valence electrons. The lowest BCUT2D eigenvalue weighted by Gasteiger charge is -2.32. The van der Waals surface area contributed by atoms with Crippen molar-refractivity contribution in [2.24, 2.45) is 0 Å². The smallest absolute Gasteiger partial charge is 0.253 e. The van der Waals surface area contributed by atoms with E-state index >= 15 is 0 Å². The average molecular weight is 348 g/mol. The lowest BCUT2D eigenvalue weighted by Crippen LogP contribution is -2.37. The second-order valence-electron chi connectivity index (χ2n) is 6.54. The van der Waals surface area contributed by atoms with Gasteiger partial charge in [0.05, 0.1) is 5.69 Å². The molecule has 1 aliphatic heterocycles. The Morgan fingerprint density at radius 1 is 1.00 bits per heavy atom. The number of phenolic OH excluding ortho intramolecular Hbond substituents is 1. The molecule has 1 fully saturated rings. The summed E-state index contributed by atoms with van der Waals surface area (Å²) in [5.74, 6) is 0.796. The SMILES string of the molecule is O=C(c1ccc(-n2cncn2)cc1)N1CCC(c2ccc(O)cc2)CC1. The van der Waals surface area contributed by atoms with E-state index < -0.39 is 0 Å². The van der Waals surface area contributed by atoms with Crippen LogP contribution in [0.1, 0.15) is 34.7 Å². The lowest BCUT2D eigenvalue weighted by atomic mass is 9.89. The summed E-state index contributed by atoms with van der Waals surface area (Å²) in [6.07, 6.45) is 4.99. The van der Waals surface area contributed by atoms with Crippen LogP contribution < -0.4 is 0 Å². The molecule has 1 aliphatic rings. The van der Waals surface area contributed by atoms with E-state index in [1.807, 2.05) is 41.3 Å². The van der Waals surface area contributed by atoms with Crippen molar-refractivity contribution in [1.29, 1.82) is 0 Å². The second-order valence-corrected chi connectivity index (χ2v) is 6.54. The van der Waals surface area contributed by atoms with Crippen LogP contribution in [0.5, 0.6) is 5.75 Å². The van der Waals surface area contributed by atoms with Crippen LogP contribution in [0.4, 0.5) is 0 Å². The van der Waals surface area contributed by atoms with Crippen LogP contribution in [-0.4, -0.2) is 43.8 Å². The second kappa shape index (κ2) is 7.00. The zero-order valence-electron chi connectivity index (χ0n) is 14.3. The number of aromatic hydroxyl groups is 1. The maximum Gasteiger partial charge on any atom is 0.253 e. The van der Waals surface area contributed by atoms with Crippen molar-refractivity contribution >= 4 is 5.91 Å². The van der Waals surface area contributed by atoms with Gasteiger partial charge in [-0.1, -0.05) is 12.1 Å². The minimum atomic E-state index is 0.0688. The van der Waals surface area contributed by atoms with E-state index in [-0.39, 0.29) is 11.7 Å². The molecular formula is C20H20N4O2. The highest BCUT2D eigenvalue weighted by Gasteiger charge is 2.24. The van der Waals surface area contributed by atoms with Gasteiger partial charge in [0.25, 0.3) is 5.91 Å². The molecule has 0 saturated carbocycles. The van der Waals surface area contributed by atoms with E-state index in [1.165, 1.54) is 11.9 Å². The topological polar surface area (TPSA) is 71.2 Å². The summed E-state index contributed by atoms with van der Waals surface area (Å²) in [5, 5.41) is 13.5. The summed E-state index contributed by atoms with van der Waals surface area (Å²) in [6, 6.07) is 14.8. The number of carbonyl (C=O) groups excluding carboxylic acids is 1. The summed E-state index contributed by atoms with van der Waals surface area (Å²) in [6.45, 7) is 1.49. The standard InChI is InChI=1S/C20H20N4O2/c25-19-7-3-15(4-8-19)16-9-11-23(12-10-16)20(26)17-1-5-18(6-2-17)24-14-21-13-22-24/h1-8,13-14,16,25H,9-12H2. The number of hydrogen-bond donors (Lipinski definition) is 1. The zero-order chi connectivity index (χ0) is 17.9. The van der Waals surface area contributed by atoms with Gasteiger partial charge in [-0.2, -0.15) is 5.10 Å². The molecule has 2 heterocycles. The van der Waals surface area contributed by atoms with Crippen LogP contribution in [0.3, 0.4) is 0 Å². The Labute approximate surface area is 151 Å². The van der Waals surface area contributed by atoms with Gasteiger partial charge in [0.2, 0.25) is 0 Å². The number of hydrogen-bond acceptors (Lipinski definition) is 4. The molecular weight excluding hydrogens is 328 g/mol. The van der Waals surface area contributed by atoms with Crippen molar-refractivity contribution in [3.05, 3.63) is 72.3 Å². The van der Waals surface area contributed by atoms with Crippen LogP contribution in [0.15, 0.2) is 61.2 Å². The van der Waals surface area contributed by atoms with E-state index in [1.54, 1.807) is 23.1 Å². The highest BCUT2D eigenvalue weighted by atomic mass is 16.3. The molecule has 0 bridgehead atoms. The zero-order valence-corrected chi connectivity index (χ0v) is 14.3. The number of phenols is 1. The summed E-state index contributed by atoms with van der Waals surface area (Å²) in [7, 11) is 0. The molecule has 6 nitrogen and oxygen atoms in total. The van der Waals surface area contributed by atoms with Crippen LogP contribution in [-0.2, 0) is 0 Å². The summed E-state index contributed by atoms with van der Waals surface area (Å²) >= 11 is 0. The summed E-state index contributed by atoms with van der Waals surface area (Å²) in [4.78, 5) is 18.6. The van der Waals surface area contributed by atoms with Gasteiger partial charge in [0, 0.05) is 18.7 Å². The Morgan fingerprint density at radius 3 is 2.31 bits per heavy atom. The Balaban J connectivity index is 1.39. The van der Waals surface area contributed by atoms with Gasteiger partial charge in [-0.3, -0.25) is 4.79 Å². The van der Waals surface area contributed by atoms with Crippen molar-refractivity contribution in [2.75, 3.05) is 13.1 Å². The van der Waals surface area contributed by atoms with Crippen LogP contribution in [0, 0.1) is 0 Å². The fraction of sp³-hybridized carbons (Fsp3) is 0.250. The fourth-order valence-corrected chi connectivity index (χ4v) is 3.44. The van der Waals surface area contributed by atoms with Crippen LogP contribution in [0.25, 0.3) is 5.69 Å². The molecule has 0 atom stereocenters. The van der Waals surface area contributed by atoms with Crippen molar-refractivity contribution in [3.8, 4) is 11.4 Å². The number of aromatic nitrogens is 3. The molecule has 0 radical (unpaired) electrons. The molecule has 0 aliphatic carbocycles. The first kappa shape index (κ1) is 16.3. The van der Waals surface area contributed by atoms with E-state index in [0.717, 1.165) is 31.6 Å². The van der Waals surface area contributed by atoms with Gasteiger partial charge in [-0.25, -0.2) is 9.67 Å². The van der Waals surface area contributed by atoms with Crippen LogP contribution in [0.2, 0.25) is 0 Å². The molecule has 1 amide bonds. The molecule has 1 N–H and O–H groups in total. The molecule has 4 rings (SSSR count). The largest absolute Gasteiger partial charge is 0.508 e. The van der Waals surface area contributed by atoms with Gasteiger partial charge < -0.3 is 10.0 Å². The van der Waals surface area contributed by atoms with Crippen molar-refractivity contribution in [2.45, 2.75) is 18.8 Å². The Morgan fingerprint density at radius 2 is 1.69 bits per heavy atom. The predicted molar refractivity (Wildman–Crippen MR) is 97.3 cm³/mol. The molecule has 0 spiro atoms. The maximum absolute atomic E-state index is 12.7. The number of benzene rings is 2. The maximum atomic E-state index is 12.7. The Hall–Kier alpha value is -3.15. The summed E-state index contributed by atoms with van der Waals surface area (Å²) < 4.78 is 1.66. The molecule has 0 unspecified atom stereocenters. The third-order valence-corrected chi connectivity index (χ3v) is 4.94. The first-order chi connectivity index (χ1) is 12.7. The van der Waals surface area contributed by atoms with Gasteiger partial charge in [-0.15, -0.1) is 0 Å². The molecule has 6 heteroatoms. The number of likely N-dealkylation sites (tertiary alicyclic amines) is 1. The van der Waals surface area contributed by atoms with Crippen molar-refractivity contribution < 1.29 is 9.90 Å². The quantitative estimate of drug-likeness (QED) is 0.790. The minimum absolute atomic E-state index is 0.0688. The molecule has 1 saturated heterocycles. The number of carbonyl (C=O) groups is 1. The summed E-state index contributed by atoms with van der Waals surface area (Å²) in [5.41, 5.74) is 2.80. The number of rotatable bonds is 3. The highest BCUT2D eigenvalue weighted by molar-refractivity contribution is 5.94. The molecule has 2 aromatic carbocycles. The van der Waals surface area contributed by atoms with E-state index in [4.69, 9.17) is 0 Å². The fourth-order valence-electron chi connectivity index (χ4n) is 3.44. The highest BCUT2D eigenvalue weighted by Crippen LogP contribution is 2.29. The predicted octanol–water partition coefficient (Wildman–Crippen LogP) is 2.99. The third-order valence-electron chi connectivity index (χ3n) is 4.94. The third kappa shape index (κ3) is 3.31. The first-order valence-corrected chi connectivity index (χ1v) is 8.74. The van der Waals surface area contributed by atoms with E-state index in [0.29, 0.717) is 11.5 Å². The van der Waals surface area contributed by atoms with Gasteiger partial charge in [-0.05, 0) is 60.7 Å². The van der Waals surface area contributed by atoms with Gasteiger partial charge >= 0.3 is 0 Å². The number of amides is 1. The number of nitrogens with zero attached hydrogens (tertiary/aromatic N) is 4. The van der Waals surface area contributed by atoms with E-state index in [9.17, 15) is 9.90 Å². The Bertz CT molecular complexity index is 865. The molecule has 26 heavy (non-hydrogen) atoms. The first-order valence-electron chi connectivity index (χ1n) is 8.74. The monoisotopic (exact) mass is 348 g/mol. The van der Waals surface area contributed by atoms with Crippen LogP contribution >= 0.6 is 0 Å². The normalized spacial score (nSPS) is 15.2. The average Bonchev–Trinajstić information content (AvgIpc) is 3.23. The van der Waals surface area contributed by atoms with Gasteiger partial charge in [0.15, 0.2) is 0 Å². The lowest BCUT2D eigenvalue weighted by molar-refractivity contribution is 0.0713. The van der Waals surface area contributed by atoms with E-state index in [2.05, 4.69) is 10.1 Å².